The second-order valence-electron chi connectivity index (χ2n) is 11.5. The van der Waals surface area contributed by atoms with Gasteiger partial charge in [-0.2, -0.15) is 4.31 Å². The molecule has 0 saturated carbocycles. The number of amides is 3. The quantitative estimate of drug-likeness (QED) is 0.235. The molecule has 4 rings (SSSR count). The van der Waals surface area contributed by atoms with Gasteiger partial charge in [-0.25, -0.2) is 21.1 Å². The predicted octanol–water partition coefficient (Wildman–Crippen LogP) is 2.61. The highest BCUT2D eigenvalue weighted by atomic mass is 32.2. The molecule has 0 radical (unpaired) electrons. The van der Waals surface area contributed by atoms with Gasteiger partial charge in [0.05, 0.1) is 22.6 Å². The molecule has 3 amide bonds. The summed E-state index contributed by atoms with van der Waals surface area (Å²) in [5.41, 5.74) is 1.30. The number of aliphatic hydroxyl groups excluding tert-OH is 1. The van der Waals surface area contributed by atoms with Gasteiger partial charge in [-0.15, -0.1) is 0 Å². The lowest BCUT2D eigenvalue weighted by atomic mass is 10.0. The minimum absolute atomic E-state index is 0.0318. The van der Waals surface area contributed by atoms with Gasteiger partial charge in [-0.05, 0) is 60.7 Å². The minimum atomic E-state index is -4.24. The number of nitrogens with zero attached hydrogens (tertiary/aromatic N) is 2. The highest BCUT2D eigenvalue weighted by Gasteiger charge is 2.42. The van der Waals surface area contributed by atoms with Crippen LogP contribution in [0.5, 0.6) is 0 Å². The van der Waals surface area contributed by atoms with Crippen molar-refractivity contribution in [2.75, 3.05) is 25.0 Å². The maximum atomic E-state index is 13.7. The Morgan fingerprint density at radius 1 is 0.935 bits per heavy atom. The second-order valence-corrected chi connectivity index (χ2v) is 15.3. The number of aryl methyl sites for hydroxylation is 1. The molecule has 12 nitrogen and oxygen atoms in total. The van der Waals surface area contributed by atoms with Gasteiger partial charge in [-0.1, -0.05) is 56.3 Å². The number of nitrogens with one attached hydrogen (secondary N) is 2. The molecule has 46 heavy (non-hydrogen) atoms. The third kappa shape index (κ3) is 8.18. The molecule has 0 spiro atoms. The summed E-state index contributed by atoms with van der Waals surface area (Å²) in [6.45, 7) is 3.87. The predicted molar refractivity (Wildman–Crippen MR) is 172 cm³/mol. The molecule has 3 aromatic carbocycles. The molecule has 3 N–H and O–H groups in total. The van der Waals surface area contributed by atoms with E-state index in [2.05, 4.69) is 10.6 Å². The van der Waals surface area contributed by atoms with E-state index < -0.39 is 50.6 Å². The normalized spacial score (nSPS) is 15.4. The average Bonchev–Trinajstić information content (AvgIpc) is 3.19. The molecule has 0 aromatic heterocycles. The second kappa shape index (κ2) is 14.5. The standard InChI is InChI=1S/C32H38N4O8S2/c1-22(2)19-35(45(41,42)26-16-14-25(15-17-26)33-23(3)37)20-29(38)28(18-13-24-9-5-4-6-10-24)34-31(39)21-36-32(40)27-11-7-8-12-30(27)46(36,43)44/h4-12,14-17,22,28-29,38H,13,18-21H2,1-3H3,(H,33,37)(H,34,39)/t28-,29+/m0/s1. The number of carbonyl (C=O) groups is 3. The van der Waals surface area contributed by atoms with Gasteiger partial charge in [0, 0.05) is 25.7 Å². The Bertz CT molecular complexity index is 1780. The van der Waals surface area contributed by atoms with Crippen LogP contribution >= 0.6 is 0 Å². The molecule has 2 atom stereocenters. The van der Waals surface area contributed by atoms with Crippen molar-refractivity contribution in [3.8, 4) is 0 Å². The van der Waals surface area contributed by atoms with Crippen molar-refractivity contribution in [2.24, 2.45) is 5.92 Å². The summed E-state index contributed by atoms with van der Waals surface area (Å²) in [7, 11) is -8.37. The van der Waals surface area contributed by atoms with E-state index in [-0.39, 0.29) is 46.7 Å². The van der Waals surface area contributed by atoms with Crippen molar-refractivity contribution in [1.82, 2.24) is 13.9 Å². The van der Waals surface area contributed by atoms with E-state index in [0.29, 0.717) is 16.4 Å². The van der Waals surface area contributed by atoms with Crippen LogP contribution in [0.2, 0.25) is 0 Å². The van der Waals surface area contributed by atoms with Crippen LogP contribution < -0.4 is 10.6 Å². The zero-order valence-electron chi connectivity index (χ0n) is 25.8. The average molecular weight is 671 g/mol. The Morgan fingerprint density at radius 3 is 2.17 bits per heavy atom. The van der Waals surface area contributed by atoms with Gasteiger partial charge in [0.1, 0.15) is 11.4 Å². The Labute approximate surface area is 269 Å². The van der Waals surface area contributed by atoms with Crippen LogP contribution in [0.3, 0.4) is 0 Å². The monoisotopic (exact) mass is 670 g/mol. The first kappa shape index (κ1) is 34.8. The first-order chi connectivity index (χ1) is 21.7. The fraction of sp³-hybridized carbons (Fsp3) is 0.344. The van der Waals surface area contributed by atoms with Crippen LogP contribution in [0.15, 0.2) is 88.7 Å². The number of benzene rings is 3. The van der Waals surface area contributed by atoms with Crippen LogP contribution in [0.25, 0.3) is 0 Å². The highest BCUT2D eigenvalue weighted by molar-refractivity contribution is 7.90. The van der Waals surface area contributed by atoms with Gasteiger partial charge in [0.2, 0.25) is 21.8 Å². The molecule has 0 bridgehead atoms. The van der Waals surface area contributed by atoms with Crippen LogP contribution in [0.4, 0.5) is 5.69 Å². The number of sulfonamides is 2. The third-order valence-corrected chi connectivity index (χ3v) is 11.0. The zero-order valence-corrected chi connectivity index (χ0v) is 27.4. The van der Waals surface area contributed by atoms with Crippen LogP contribution in [-0.4, -0.2) is 80.1 Å². The van der Waals surface area contributed by atoms with Crippen molar-refractivity contribution in [1.29, 1.82) is 0 Å². The molecule has 246 valence electrons. The molecule has 0 unspecified atom stereocenters. The molecular weight excluding hydrogens is 633 g/mol. The lowest BCUT2D eigenvalue weighted by Crippen LogP contribution is -2.52. The maximum absolute atomic E-state index is 13.7. The molecule has 3 aromatic rings. The highest BCUT2D eigenvalue weighted by Crippen LogP contribution is 2.29. The van der Waals surface area contributed by atoms with Crippen molar-refractivity contribution in [2.45, 2.75) is 55.5 Å². The first-order valence-electron chi connectivity index (χ1n) is 14.8. The summed E-state index contributed by atoms with van der Waals surface area (Å²) in [5.74, 6) is -2.08. The molecule has 1 aliphatic heterocycles. The van der Waals surface area contributed by atoms with E-state index in [1.807, 2.05) is 44.2 Å². The Morgan fingerprint density at radius 2 is 1.57 bits per heavy atom. The number of hydrogen-bond acceptors (Lipinski definition) is 8. The summed E-state index contributed by atoms with van der Waals surface area (Å²) in [6.07, 6.45) is -0.793. The minimum Gasteiger partial charge on any atom is -0.390 e. The van der Waals surface area contributed by atoms with Gasteiger partial charge in [0.25, 0.3) is 15.9 Å². The topological polar surface area (TPSA) is 170 Å². The summed E-state index contributed by atoms with van der Waals surface area (Å²) in [5, 5.41) is 16.7. The fourth-order valence-electron chi connectivity index (χ4n) is 5.17. The summed E-state index contributed by atoms with van der Waals surface area (Å²) in [4.78, 5) is 37.3. The van der Waals surface area contributed by atoms with Gasteiger partial charge in [0.15, 0.2) is 0 Å². The number of fused-ring (bicyclic) bond motifs is 1. The molecule has 0 saturated heterocycles. The van der Waals surface area contributed by atoms with E-state index in [1.165, 1.54) is 55.5 Å². The van der Waals surface area contributed by atoms with Crippen LogP contribution in [0, 0.1) is 5.92 Å². The van der Waals surface area contributed by atoms with Crippen molar-refractivity contribution in [3.05, 3.63) is 90.0 Å². The maximum Gasteiger partial charge on any atom is 0.269 e. The largest absolute Gasteiger partial charge is 0.390 e. The van der Waals surface area contributed by atoms with E-state index >= 15 is 0 Å². The van der Waals surface area contributed by atoms with Gasteiger partial charge < -0.3 is 15.7 Å². The molecule has 0 fully saturated rings. The lowest BCUT2D eigenvalue weighted by molar-refractivity contribution is -0.122. The Kier molecular flexibility index (Phi) is 11.0. The van der Waals surface area contributed by atoms with Gasteiger partial charge >= 0.3 is 0 Å². The zero-order chi connectivity index (χ0) is 33.6. The molecule has 14 heteroatoms. The summed E-state index contributed by atoms with van der Waals surface area (Å²) >= 11 is 0. The number of hydrogen-bond donors (Lipinski definition) is 3. The van der Waals surface area contributed by atoms with Gasteiger partial charge in [-0.3, -0.25) is 14.4 Å². The smallest absolute Gasteiger partial charge is 0.269 e. The van der Waals surface area contributed by atoms with Crippen molar-refractivity contribution in [3.63, 3.8) is 0 Å². The van der Waals surface area contributed by atoms with E-state index in [1.54, 1.807) is 0 Å². The first-order valence-corrected chi connectivity index (χ1v) is 17.6. The number of anilines is 1. The SMILES string of the molecule is CC(=O)Nc1ccc(S(=O)(=O)N(CC(C)C)C[C@@H](O)[C@H](CCc2ccccc2)NC(=O)CN2C(=O)c3ccccc3S2(=O)=O)cc1. The Balaban J connectivity index is 1.56. The summed E-state index contributed by atoms with van der Waals surface area (Å²) < 4.78 is 55.1. The number of aliphatic hydroxyl groups is 1. The Hall–Kier alpha value is -4.11. The van der Waals surface area contributed by atoms with Crippen molar-refractivity contribution >= 4 is 43.5 Å². The van der Waals surface area contributed by atoms with E-state index in [0.717, 1.165) is 9.87 Å². The number of carbonyl (C=O) groups excluding carboxylic acids is 3. The third-order valence-electron chi connectivity index (χ3n) is 7.37. The van der Waals surface area contributed by atoms with Crippen molar-refractivity contribution < 1.29 is 36.3 Å². The molecule has 0 aliphatic carbocycles. The van der Waals surface area contributed by atoms with E-state index in [4.69, 9.17) is 0 Å². The lowest BCUT2D eigenvalue weighted by Gasteiger charge is -2.31. The van der Waals surface area contributed by atoms with Crippen LogP contribution in [0.1, 0.15) is 43.1 Å². The molecule has 1 heterocycles. The molecular formula is C32H38N4O8S2. The van der Waals surface area contributed by atoms with Crippen LogP contribution in [-0.2, 0) is 36.1 Å². The summed E-state index contributed by atoms with van der Waals surface area (Å²) in [6, 6.07) is 19.6. The molecule has 1 aliphatic rings. The van der Waals surface area contributed by atoms with E-state index in [9.17, 15) is 36.3 Å². The fourth-order valence-corrected chi connectivity index (χ4v) is 8.32. The number of rotatable bonds is 14.